The van der Waals surface area contributed by atoms with Gasteiger partial charge in [-0.3, -0.25) is 4.90 Å². The maximum Gasteiger partial charge on any atom is 0.0264 e. The van der Waals surface area contributed by atoms with Crippen molar-refractivity contribution in [2.75, 3.05) is 19.6 Å². The number of halogens is 2. The topological polar surface area (TPSA) is 15.3 Å². The first kappa shape index (κ1) is 15.8. The van der Waals surface area contributed by atoms with Gasteiger partial charge in [-0.25, -0.2) is 0 Å². The minimum Gasteiger partial charge on any atom is -0.315 e. The number of fused-ring (bicyclic) bond motifs is 1. The summed E-state index contributed by atoms with van der Waals surface area (Å²) >= 11 is 0. The molecule has 1 N–H and O–H groups in total. The first-order valence-electron chi connectivity index (χ1n) is 6.34. The van der Waals surface area contributed by atoms with E-state index < -0.39 is 0 Å². The molecule has 2 aliphatic heterocycles. The van der Waals surface area contributed by atoms with Crippen molar-refractivity contribution in [3.63, 3.8) is 0 Å². The summed E-state index contributed by atoms with van der Waals surface area (Å²) < 4.78 is 0. The Morgan fingerprint density at radius 2 is 2.00 bits per heavy atom. The molecule has 0 aliphatic carbocycles. The zero-order valence-corrected chi connectivity index (χ0v) is 12.4. The maximum absolute atomic E-state index is 3.51. The number of likely N-dealkylation sites (tertiary alicyclic amines) is 1. The third-order valence-corrected chi connectivity index (χ3v) is 4.19. The Balaban J connectivity index is 0.000000810. The Labute approximate surface area is 122 Å². The summed E-state index contributed by atoms with van der Waals surface area (Å²) in [5.74, 6) is 0.906. The van der Waals surface area contributed by atoms with E-state index in [0.29, 0.717) is 0 Å². The van der Waals surface area contributed by atoms with Crippen molar-refractivity contribution in [1.29, 1.82) is 0 Å². The van der Waals surface area contributed by atoms with Crippen molar-refractivity contribution in [3.8, 4) is 0 Å². The van der Waals surface area contributed by atoms with Crippen LogP contribution in [0.3, 0.4) is 0 Å². The minimum absolute atomic E-state index is 0. The monoisotopic (exact) mass is 288 g/mol. The number of nitrogens with one attached hydrogen (secondary N) is 1. The van der Waals surface area contributed by atoms with Crippen LogP contribution in [-0.2, 0) is 6.54 Å². The lowest BCUT2D eigenvalue weighted by molar-refractivity contribution is 0.243. The van der Waals surface area contributed by atoms with Gasteiger partial charge in [0.15, 0.2) is 0 Å². The molecule has 102 valence electrons. The van der Waals surface area contributed by atoms with Gasteiger partial charge in [-0.15, -0.1) is 24.8 Å². The number of aryl methyl sites for hydroxylation is 1. The molecular formula is C14H22Cl2N2. The lowest BCUT2D eigenvalue weighted by atomic mass is 10.0. The molecule has 3 rings (SSSR count). The van der Waals surface area contributed by atoms with E-state index >= 15 is 0 Å². The van der Waals surface area contributed by atoms with Crippen LogP contribution in [-0.4, -0.2) is 30.6 Å². The van der Waals surface area contributed by atoms with E-state index in [1.165, 1.54) is 37.2 Å². The van der Waals surface area contributed by atoms with E-state index in [1.54, 1.807) is 0 Å². The van der Waals surface area contributed by atoms with Crippen LogP contribution in [0.15, 0.2) is 24.3 Å². The van der Waals surface area contributed by atoms with Gasteiger partial charge in [0.05, 0.1) is 0 Å². The molecule has 4 heteroatoms. The molecule has 0 saturated carbocycles. The number of rotatable bonds is 2. The summed E-state index contributed by atoms with van der Waals surface area (Å²) in [6, 6.07) is 9.56. The first-order valence-corrected chi connectivity index (χ1v) is 6.34. The first-order chi connectivity index (χ1) is 7.84. The fourth-order valence-corrected chi connectivity index (χ4v) is 3.14. The number of hydrogen-bond acceptors (Lipinski definition) is 2. The predicted octanol–water partition coefficient (Wildman–Crippen LogP) is 2.63. The maximum atomic E-state index is 3.51. The Bertz CT molecular complexity index is 384. The largest absolute Gasteiger partial charge is 0.315 e. The lowest BCUT2D eigenvalue weighted by Crippen LogP contribution is -2.33. The van der Waals surface area contributed by atoms with Crippen molar-refractivity contribution < 1.29 is 0 Å². The fraction of sp³-hybridized carbons (Fsp3) is 0.571. The average Bonchev–Trinajstić information content (AvgIpc) is 2.86. The van der Waals surface area contributed by atoms with Crippen LogP contribution in [0.2, 0.25) is 0 Å². The minimum atomic E-state index is 0. The third-order valence-electron chi connectivity index (χ3n) is 4.19. The predicted molar refractivity (Wildman–Crippen MR) is 80.8 cm³/mol. The van der Waals surface area contributed by atoms with Crippen LogP contribution < -0.4 is 5.32 Å². The zero-order valence-electron chi connectivity index (χ0n) is 10.8. The second-order valence-electron chi connectivity index (χ2n) is 5.17. The second-order valence-corrected chi connectivity index (χ2v) is 5.17. The molecule has 2 saturated heterocycles. The van der Waals surface area contributed by atoms with Gasteiger partial charge >= 0.3 is 0 Å². The number of hydrogen-bond donors (Lipinski definition) is 1. The highest BCUT2D eigenvalue weighted by atomic mass is 35.5. The van der Waals surface area contributed by atoms with Gasteiger partial charge in [-0.2, -0.15) is 0 Å². The lowest BCUT2D eigenvalue weighted by Gasteiger charge is -2.23. The van der Waals surface area contributed by atoms with Gasteiger partial charge < -0.3 is 5.32 Å². The quantitative estimate of drug-likeness (QED) is 0.900. The van der Waals surface area contributed by atoms with Crippen molar-refractivity contribution in [2.45, 2.75) is 25.9 Å². The fourth-order valence-electron chi connectivity index (χ4n) is 3.14. The Hall–Kier alpha value is -0.280. The second kappa shape index (κ2) is 6.76. The SMILES string of the molecule is Cc1ccccc1CN1CC[C@H]2CNC[C@H]21.Cl.Cl. The Morgan fingerprint density at radius 3 is 2.78 bits per heavy atom. The Kier molecular flexibility index (Phi) is 5.93. The van der Waals surface area contributed by atoms with Crippen LogP contribution in [0.4, 0.5) is 0 Å². The molecule has 2 nitrogen and oxygen atoms in total. The molecule has 0 spiro atoms. The molecule has 2 fully saturated rings. The van der Waals surface area contributed by atoms with Crippen LogP contribution in [0, 0.1) is 12.8 Å². The molecule has 2 atom stereocenters. The van der Waals surface area contributed by atoms with Gasteiger partial charge in [-0.1, -0.05) is 24.3 Å². The van der Waals surface area contributed by atoms with E-state index in [0.717, 1.165) is 18.5 Å². The van der Waals surface area contributed by atoms with Gasteiger partial charge in [0, 0.05) is 19.1 Å². The Morgan fingerprint density at radius 1 is 1.22 bits per heavy atom. The van der Waals surface area contributed by atoms with E-state index in [-0.39, 0.29) is 24.8 Å². The van der Waals surface area contributed by atoms with Gasteiger partial charge in [0.1, 0.15) is 0 Å². The summed E-state index contributed by atoms with van der Waals surface area (Å²) in [6.07, 6.45) is 1.38. The molecule has 0 bridgehead atoms. The standard InChI is InChI=1S/C14H20N2.2ClH/c1-11-4-2-3-5-13(11)10-16-7-6-12-8-15-9-14(12)16;;/h2-5,12,14-15H,6-10H2,1H3;2*1H/t12-,14+;;/m0../s1. The van der Waals surface area contributed by atoms with Crippen LogP contribution in [0.25, 0.3) is 0 Å². The van der Waals surface area contributed by atoms with Gasteiger partial charge in [-0.05, 0) is 43.5 Å². The van der Waals surface area contributed by atoms with Crippen molar-refractivity contribution in [1.82, 2.24) is 10.2 Å². The van der Waals surface area contributed by atoms with Crippen molar-refractivity contribution in [3.05, 3.63) is 35.4 Å². The molecule has 0 amide bonds. The summed E-state index contributed by atoms with van der Waals surface area (Å²) in [6.45, 7) is 7.06. The zero-order chi connectivity index (χ0) is 11.0. The van der Waals surface area contributed by atoms with Crippen LogP contribution >= 0.6 is 24.8 Å². The molecule has 1 aromatic carbocycles. The highest BCUT2D eigenvalue weighted by Gasteiger charge is 2.37. The van der Waals surface area contributed by atoms with E-state index in [4.69, 9.17) is 0 Å². The molecule has 1 aromatic rings. The summed E-state index contributed by atoms with van der Waals surface area (Å²) in [5, 5.41) is 3.51. The summed E-state index contributed by atoms with van der Waals surface area (Å²) in [7, 11) is 0. The molecular weight excluding hydrogens is 267 g/mol. The third kappa shape index (κ3) is 3.00. The molecule has 0 radical (unpaired) electrons. The number of nitrogens with zero attached hydrogens (tertiary/aromatic N) is 1. The smallest absolute Gasteiger partial charge is 0.0264 e. The normalized spacial score (nSPS) is 26.3. The molecule has 0 aromatic heterocycles. The molecule has 2 aliphatic rings. The van der Waals surface area contributed by atoms with Crippen molar-refractivity contribution in [2.24, 2.45) is 5.92 Å². The summed E-state index contributed by atoms with van der Waals surface area (Å²) in [5.41, 5.74) is 2.92. The van der Waals surface area contributed by atoms with Gasteiger partial charge in [0.2, 0.25) is 0 Å². The van der Waals surface area contributed by atoms with Crippen molar-refractivity contribution >= 4 is 24.8 Å². The molecule has 0 unspecified atom stereocenters. The molecule has 18 heavy (non-hydrogen) atoms. The molecule has 2 heterocycles. The van der Waals surface area contributed by atoms with Gasteiger partial charge in [0.25, 0.3) is 0 Å². The van der Waals surface area contributed by atoms with E-state index in [2.05, 4.69) is 41.4 Å². The van der Waals surface area contributed by atoms with E-state index in [9.17, 15) is 0 Å². The highest BCUT2D eigenvalue weighted by Crippen LogP contribution is 2.28. The highest BCUT2D eigenvalue weighted by molar-refractivity contribution is 5.85. The summed E-state index contributed by atoms with van der Waals surface area (Å²) in [4.78, 5) is 2.66. The van der Waals surface area contributed by atoms with E-state index in [1.807, 2.05) is 0 Å². The average molecular weight is 289 g/mol. The van der Waals surface area contributed by atoms with Crippen LogP contribution in [0.5, 0.6) is 0 Å². The number of benzene rings is 1. The van der Waals surface area contributed by atoms with Crippen LogP contribution in [0.1, 0.15) is 17.5 Å².